The number of aliphatic hydroxyl groups excluding tert-OH is 1. The highest BCUT2D eigenvalue weighted by Crippen LogP contribution is 2.27. The van der Waals surface area contributed by atoms with Crippen molar-refractivity contribution in [1.29, 1.82) is 0 Å². The number of benzene rings is 1. The number of nitrogens with one attached hydrogen (secondary N) is 1. The van der Waals surface area contributed by atoms with E-state index in [0.29, 0.717) is 6.42 Å². The summed E-state index contributed by atoms with van der Waals surface area (Å²) in [5.74, 6) is -0.0792. The fourth-order valence-electron chi connectivity index (χ4n) is 2.28. The average molecular weight is 301 g/mol. The first-order valence-electron chi connectivity index (χ1n) is 7.54. The van der Waals surface area contributed by atoms with Gasteiger partial charge in [0.2, 0.25) is 5.91 Å². The monoisotopic (exact) mass is 301 g/mol. The van der Waals surface area contributed by atoms with Crippen LogP contribution in [0.15, 0.2) is 47.3 Å². The van der Waals surface area contributed by atoms with Crippen LogP contribution in [0.4, 0.5) is 0 Å². The maximum atomic E-state index is 12.5. The molecule has 0 saturated carbocycles. The summed E-state index contributed by atoms with van der Waals surface area (Å²) >= 11 is 0. The molecule has 2 rings (SSSR count). The summed E-state index contributed by atoms with van der Waals surface area (Å²) < 4.78 is 5.09. The van der Waals surface area contributed by atoms with Gasteiger partial charge in [-0.2, -0.15) is 0 Å². The number of hydrogen-bond donors (Lipinski definition) is 2. The maximum absolute atomic E-state index is 12.5. The van der Waals surface area contributed by atoms with Crippen molar-refractivity contribution in [3.05, 3.63) is 48.4 Å². The number of aliphatic hydroxyl groups is 1. The summed E-state index contributed by atoms with van der Waals surface area (Å²) in [5, 5.41) is 12.1. The van der Waals surface area contributed by atoms with Gasteiger partial charge in [-0.1, -0.05) is 31.2 Å². The van der Waals surface area contributed by atoms with E-state index in [4.69, 9.17) is 4.42 Å². The van der Waals surface area contributed by atoms with Crippen LogP contribution in [0.5, 0.6) is 0 Å². The molecular weight excluding hydrogens is 278 g/mol. The summed E-state index contributed by atoms with van der Waals surface area (Å²) in [7, 11) is 0. The van der Waals surface area contributed by atoms with E-state index in [0.717, 1.165) is 16.7 Å². The minimum atomic E-state index is -0.655. The van der Waals surface area contributed by atoms with Crippen LogP contribution in [0, 0.1) is 0 Å². The van der Waals surface area contributed by atoms with Gasteiger partial charge in [0.1, 0.15) is 0 Å². The van der Waals surface area contributed by atoms with Gasteiger partial charge in [0.25, 0.3) is 0 Å². The lowest BCUT2D eigenvalue weighted by molar-refractivity contribution is -0.126. The zero-order valence-corrected chi connectivity index (χ0v) is 13.3. The summed E-state index contributed by atoms with van der Waals surface area (Å²) in [6, 6.07) is 9.60. The van der Waals surface area contributed by atoms with E-state index in [-0.39, 0.29) is 18.6 Å². The lowest BCUT2D eigenvalue weighted by Gasteiger charge is -2.27. The van der Waals surface area contributed by atoms with Gasteiger partial charge in [-0.15, -0.1) is 0 Å². The molecule has 0 saturated heterocycles. The lowest BCUT2D eigenvalue weighted by atomic mass is 9.83. The van der Waals surface area contributed by atoms with Crippen LogP contribution in [-0.2, 0) is 10.2 Å². The van der Waals surface area contributed by atoms with Gasteiger partial charge in [-0.25, -0.2) is 0 Å². The predicted molar refractivity (Wildman–Crippen MR) is 86.5 cm³/mol. The van der Waals surface area contributed by atoms with Crippen molar-refractivity contribution in [2.75, 3.05) is 6.61 Å². The number of hydrogen-bond acceptors (Lipinski definition) is 3. The molecule has 1 aromatic carbocycles. The Kier molecular flexibility index (Phi) is 5.03. The third-order valence-corrected chi connectivity index (χ3v) is 4.08. The summed E-state index contributed by atoms with van der Waals surface area (Å²) in [6.07, 6.45) is 4.04. The molecule has 0 spiro atoms. The van der Waals surface area contributed by atoms with Gasteiger partial charge in [-0.05, 0) is 37.5 Å². The van der Waals surface area contributed by atoms with Crippen LogP contribution in [0.25, 0.3) is 11.1 Å². The van der Waals surface area contributed by atoms with E-state index in [9.17, 15) is 9.90 Å². The summed E-state index contributed by atoms with van der Waals surface area (Å²) in [5.41, 5.74) is 2.35. The van der Waals surface area contributed by atoms with Crippen molar-refractivity contribution in [2.45, 2.75) is 38.6 Å². The van der Waals surface area contributed by atoms with Gasteiger partial charge in [0.15, 0.2) is 0 Å². The number of carbonyl (C=O) groups excluding carboxylic acids is 1. The molecule has 0 aliphatic heterocycles. The van der Waals surface area contributed by atoms with Gasteiger partial charge >= 0.3 is 0 Å². The Morgan fingerprint density at radius 2 is 1.91 bits per heavy atom. The largest absolute Gasteiger partial charge is 0.472 e. The van der Waals surface area contributed by atoms with Crippen molar-refractivity contribution >= 4 is 5.91 Å². The van der Waals surface area contributed by atoms with E-state index in [1.807, 2.05) is 51.1 Å². The first-order chi connectivity index (χ1) is 10.5. The Bertz CT molecular complexity index is 596. The molecule has 1 atom stereocenters. The van der Waals surface area contributed by atoms with E-state index in [2.05, 4.69) is 5.32 Å². The fourth-order valence-corrected chi connectivity index (χ4v) is 2.28. The molecule has 0 bridgehead atoms. The van der Waals surface area contributed by atoms with E-state index in [1.54, 1.807) is 12.5 Å². The average Bonchev–Trinajstić information content (AvgIpc) is 3.06. The molecule has 1 heterocycles. The Hall–Kier alpha value is -2.07. The van der Waals surface area contributed by atoms with Crippen molar-refractivity contribution < 1.29 is 14.3 Å². The Labute approximate surface area is 131 Å². The smallest absolute Gasteiger partial charge is 0.230 e. The Morgan fingerprint density at radius 1 is 1.23 bits per heavy atom. The van der Waals surface area contributed by atoms with Crippen LogP contribution < -0.4 is 5.32 Å². The summed E-state index contributed by atoms with van der Waals surface area (Å²) in [4.78, 5) is 12.5. The molecule has 118 valence electrons. The zero-order valence-electron chi connectivity index (χ0n) is 13.3. The molecule has 22 heavy (non-hydrogen) atoms. The van der Waals surface area contributed by atoms with Gasteiger partial charge in [0, 0.05) is 5.56 Å². The topological polar surface area (TPSA) is 62.5 Å². The minimum Gasteiger partial charge on any atom is -0.472 e. The molecular formula is C18H23NO3. The molecule has 0 aliphatic rings. The first kappa shape index (κ1) is 16.3. The quantitative estimate of drug-likeness (QED) is 0.861. The second-order valence-corrected chi connectivity index (χ2v) is 5.98. The standard InChI is InChI=1S/C18H23NO3/c1-4-16(11-20)19-17(21)18(2,3)15-7-5-13(6-8-15)14-9-10-22-12-14/h5-10,12,16,20H,4,11H2,1-3H3,(H,19,21). The van der Waals surface area contributed by atoms with Crippen LogP contribution in [0.3, 0.4) is 0 Å². The third kappa shape index (κ3) is 3.39. The number of rotatable bonds is 6. The molecule has 1 unspecified atom stereocenters. The van der Waals surface area contributed by atoms with Crippen LogP contribution >= 0.6 is 0 Å². The van der Waals surface area contributed by atoms with Crippen molar-refractivity contribution in [3.63, 3.8) is 0 Å². The number of amides is 1. The van der Waals surface area contributed by atoms with Crippen molar-refractivity contribution in [3.8, 4) is 11.1 Å². The minimum absolute atomic E-state index is 0.0439. The first-order valence-corrected chi connectivity index (χ1v) is 7.54. The zero-order chi connectivity index (χ0) is 16.2. The van der Waals surface area contributed by atoms with Crippen molar-refractivity contribution in [2.24, 2.45) is 0 Å². The molecule has 1 aromatic heterocycles. The number of carbonyl (C=O) groups is 1. The van der Waals surface area contributed by atoms with Crippen LogP contribution in [0.1, 0.15) is 32.8 Å². The molecule has 1 amide bonds. The molecule has 0 aliphatic carbocycles. The second kappa shape index (κ2) is 6.79. The molecule has 4 heteroatoms. The molecule has 4 nitrogen and oxygen atoms in total. The van der Waals surface area contributed by atoms with E-state index >= 15 is 0 Å². The highest BCUT2D eigenvalue weighted by atomic mass is 16.3. The van der Waals surface area contributed by atoms with E-state index in [1.165, 1.54) is 0 Å². The van der Waals surface area contributed by atoms with Crippen LogP contribution in [-0.4, -0.2) is 23.7 Å². The highest BCUT2D eigenvalue weighted by molar-refractivity contribution is 5.87. The highest BCUT2D eigenvalue weighted by Gasteiger charge is 2.30. The number of furan rings is 1. The molecule has 0 fully saturated rings. The predicted octanol–water partition coefficient (Wildman–Crippen LogP) is 3.11. The Morgan fingerprint density at radius 3 is 2.41 bits per heavy atom. The lowest BCUT2D eigenvalue weighted by Crippen LogP contribution is -2.46. The van der Waals surface area contributed by atoms with Gasteiger partial charge < -0.3 is 14.8 Å². The van der Waals surface area contributed by atoms with Gasteiger partial charge in [-0.3, -0.25) is 4.79 Å². The fraction of sp³-hybridized carbons (Fsp3) is 0.389. The molecule has 2 N–H and O–H groups in total. The normalized spacial score (nSPS) is 12.9. The SMILES string of the molecule is CCC(CO)NC(=O)C(C)(C)c1ccc(-c2ccoc2)cc1. The van der Waals surface area contributed by atoms with Gasteiger partial charge in [0.05, 0.1) is 30.6 Å². The third-order valence-electron chi connectivity index (χ3n) is 4.08. The molecule has 2 aromatic rings. The molecule has 0 radical (unpaired) electrons. The van der Waals surface area contributed by atoms with Crippen LogP contribution in [0.2, 0.25) is 0 Å². The van der Waals surface area contributed by atoms with E-state index < -0.39 is 5.41 Å². The summed E-state index contributed by atoms with van der Waals surface area (Å²) in [6.45, 7) is 5.67. The Balaban J connectivity index is 2.16. The maximum Gasteiger partial charge on any atom is 0.230 e. The van der Waals surface area contributed by atoms with Crippen molar-refractivity contribution in [1.82, 2.24) is 5.32 Å². The second-order valence-electron chi connectivity index (χ2n) is 5.98.